The Balaban J connectivity index is 1.51. The van der Waals surface area contributed by atoms with Gasteiger partial charge in [0.25, 0.3) is 0 Å². The number of halogens is 3. The summed E-state index contributed by atoms with van der Waals surface area (Å²) in [6.07, 6.45) is -1.44. The number of hydrogen-bond donors (Lipinski definition) is 1. The summed E-state index contributed by atoms with van der Waals surface area (Å²) in [5.41, 5.74) is 2.45. The molecular formula is C21H13F3N6. The van der Waals surface area contributed by atoms with E-state index in [0.717, 1.165) is 11.0 Å². The van der Waals surface area contributed by atoms with E-state index >= 15 is 0 Å². The lowest BCUT2D eigenvalue weighted by Crippen LogP contribution is -2.12. The molecule has 0 bridgehead atoms. The molecule has 5 aromatic rings. The van der Waals surface area contributed by atoms with Crippen molar-refractivity contribution in [2.75, 3.05) is 5.32 Å². The number of aromatic nitrogens is 5. The van der Waals surface area contributed by atoms with Crippen molar-refractivity contribution in [2.24, 2.45) is 0 Å². The minimum absolute atomic E-state index is 0.0653. The monoisotopic (exact) mass is 406 g/mol. The third-order valence-corrected chi connectivity index (χ3v) is 4.57. The van der Waals surface area contributed by atoms with E-state index in [-0.39, 0.29) is 11.3 Å². The summed E-state index contributed by atoms with van der Waals surface area (Å²) in [4.78, 5) is 16.1. The van der Waals surface area contributed by atoms with Gasteiger partial charge in [0, 0.05) is 5.39 Å². The first kappa shape index (κ1) is 18.0. The summed E-state index contributed by atoms with van der Waals surface area (Å²) in [5, 5.41) is 3.41. The van der Waals surface area contributed by atoms with Crippen molar-refractivity contribution >= 4 is 33.4 Å². The van der Waals surface area contributed by atoms with Crippen LogP contribution in [0.2, 0.25) is 0 Å². The minimum Gasteiger partial charge on any atom is -0.338 e. The van der Waals surface area contributed by atoms with Crippen LogP contribution in [0.4, 0.5) is 24.7 Å². The highest BCUT2D eigenvalue weighted by atomic mass is 19.4. The molecule has 3 heterocycles. The predicted molar refractivity (Wildman–Crippen MR) is 107 cm³/mol. The fraction of sp³-hybridized carbons (Fsp3) is 0.0476. The zero-order valence-corrected chi connectivity index (χ0v) is 15.3. The number of nitrogens with zero attached hydrogens (tertiary/aromatic N) is 5. The highest BCUT2D eigenvalue weighted by Crippen LogP contribution is 2.31. The second-order valence-electron chi connectivity index (χ2n) is 6.54. The van der Waals surface area contributed by atoms with Gasteiger partial charge in [0.1, 0.15) is 18.0 Å². The Kier molecular flexibility index (Phi) is 4.09. The summed E-state index contributed by atoms with van der Waals surface area (Å²) < 4.78 is 41.4. The lowest BCUT2D eigenvalue weighted by atomic mass is 10.2. The molecule has 3 aromatic heterocycles. The molecule has 0 fully saturated rings. The largest absolute Gasteiger partial charge is 0.451 e. The summed E-state index contributed by atoms with van der Waals surface area (Å²) >= 11 is 0. The van der Waals surface area contributed by atoms with E-state index in [9.17, 15) is 13.2 Å². The van der Waals surface area contributed by atoms with Crippen LogP contribution in [0.25, 0.3) is 27.8 Å². The van der Waals surface area contributed by atoms with Crippen molar-refractivity contribution in [1.29, 1.82) is 0 Å². The van der Waals surface area contributed by atoms with Crippen molar-refractivity contribution in [3.8, 4) is 5.82 Å². The Bertz CT molecular complexity index is 1360. The molecule has 0 amide bonds. The van der Waals surface area contributed by atoms with Crippen LogP contribution in [0, 0.1) is 0 Å². The normalized spacial score (nSPS) is 11.8. The van der Waals surface area contributed by atoms with Crippen LogP contribution >= 0.6 is 0 Å². The number of hydrogen-bond acceptors (Lipinski definition) is 5. The third kappa shape index (κ3) is 3.20. The highest BCUT2D eigenvalue weighted by Gasteiger charge is 2.35. The molecule has 30 heavy (non-hydrogen) atoms. The van der Waals surface area contributed by atoms with Crippen molar-refractivity contribution in [3.63, 3.8) is 0 Å². The quantitative estimate of drug-likeness (QED) is 0.450. The molecular weight excluding hydrogens is 393 g/mol. The maximum absolute atomic E-state index is 13.2. The van der Waals surface area contributed by atoms with E-state index in [1.165, 1.54) is 12.3 Å². The molecule has 0 aliphatic rings. The Morgan fingerprint density at radius 3 is 2.33 bits per heavy atom. The van der Waals surface area contributed by atoms with E-state index in [2.05, 4.69) is 25.3 Å². The molecule has 0 aliphatic heterocycles. The fourth-order valence-electron chi connectivity index (χ4n) is 3.18. The first-order valence-electron chi connectivity index (χ1n) is 8.98. The summed E-state index contributed by atoms with van der Waals surface area (Å²) in [6.45, 7) is 0. The summed E-state index contributed by atoms with van der Waals surface area (Å²) in [6, 6.07) is 17.7. The fourth-order valence-corrected chi connectivity index (χ4v) is 3.18. The van der Waals surface area contributed by atoms with Crippen molar-refractivity contribution in [2.45, 2.75) is 6.18 Å². The van der Waals surface area contributed by atoms with Crippen LogP contribution in [0.3, 0.4) is 0 Å². The Morgan fingerprint density at radius 2 is 1.57 bits per heavy atom. The Labute approximate surface area is 168 Å². The second-order valence-corrected chi connectivity index (χ2v) is 6.54. The molecule has 1 N–H and O–H groups in total. The molecule has 0 aliphatic carbocycles. The van der Waals surface area contributed by atoms with E-state index in [0.29, 0.717) is 16.9 Å². The van der Waals surface area contributed by atoms with Crippen LogP contribution in [0.15, 0.2) is 73.2 Å². The number of para-hydroxylation sites is 3. The molecule has 9 heteroatoms. The smallest absolute Gasteiger partial charge is 0.338 e. The van der Waals surface area contributed by atoms with Gasteiger partial charge in [0.05, 0.1) is 28.4 Å². The maximum Gasteiger partial charge on any atom is 0.451 e. The second kappa shape index (κ2) is 6.80. The number of anilines is 2. The standard InChI is InChI=1S/C21H13F3N6/c22-21(23,24)20-28-15-6-2-1-5-14(15)19(29-20)27-13-9-10-18(25-11-13)30-12-26-16-7-3-4-8-17(16)30/h1-12H,(H,27,28,29). The zero-order valence-electron chi connectivity index (χ0n) is 15.3. The van der Waals surface area contributed by atoms with Crippen LogP contribution in [0.1, 0.15) is 5.82 Å². The lowest BCUT2D eigenvalue weighted by molar-refractivity contribution is -0.144. The highest BCUT2D eigenvalue weighted by molar-refractivity contribution is 5.90. The van der Waals surface area contributed by atoms with Gasteiger partial charge in [-0.15, -0.1) is 0 Å². The number of fused-ring (bicyclic) bond motifs is 2. The van der Waals surface area contributed by atoms with Crippen LogP contribution in [-0.4, -0.2) is 24.5 Å². The van der Waals surface area contributed by atoms with E-state index in [1.807, 2.05) is 28.8 Å². The molecule has 148 valence electrons. The van der Waals surface area contributed by atoms with Gasteiger partial charge in [0.15, 0.2) is 0 Å². The van der Waals surface area contributed by atoms with Gasteiger partial charge in [-0.2, -0.15) is 13.2 Å². The maximum atomic E-state index is 13.2. The van der Waals surface area contributed by atoms with Crippen molar-refractivity contribution in [1.82, 2.24) is 24.5 Å². The van der Waals surface area contributed by atoms with Gasteiger partial charge >= 0.3 is 6.18 Å². The summed E-state index contributed by atoms with van der Waals surface area (Å²) in [7, 11) is 0. The number of benzene rings is 2. The molecule has 5 rings (SSSR count). The topological polar surface area (TPSA) is 68.5 Å². The van der Waals surface area contributed by atoms with Crippen LogP contribution in [0.5, 0.6) is 0 Å². The first-order chi connectivity index (χ1) is 14.5. The predicted octanol–water partition coefficient (Wildman–Crippen LogP) is 5.13. The number of rotatable bonds is 3. The van der Waals surface area contributed by atoms with Crippen molar-refractivity contribution < 1.29 is 13.2 Å². The molecule has 2 aromatic carbocycles. The van der Waals surface area contributed by atoms with E-state index < -0.39 is 12.0 Å². The lowest BCUT2D eigenvalue weighted by Gasteiger charge is -2.12. The molecule has 6 nitrogen and oxygen atoms in total. The van der Waals surface area contributed by atoms with Gasteiger partial charge in [-0.1, -0.05) is 24.3 Å². The number of pyridine rings is 1. The van der Waals surface area contributed by atoms with E-state index in [1.54, 1.807) is 36.7 Å². The molecule has 0 unspecified atom stereocenters. The molecule has 0 saturated heterocycles. The first-order valence-corrected chi connectivity index (χ1v) is 8.98. The number of imidazole rings is 1. The Morgan fingerprint density at radius 1 is 0.800 bits per heavy atom. The Hall–Kier alpha value is -4.01. The summed E-state index contributed by atoms with van der Waals surface area (Å²) in [5.74, 6) is -0.494. The molecule has 0 radical (unpaired) electrons. The zero-order chi connectivity index (χ0) is 20.7. The van der Waals surface area contributed by atoms with Gasteiger partial charge in [-0.25, -0.2) is 19.9 Å². The minimum atomic E-state index is -4.65. The average Bonchev–Trinajstić information content (AvgIpc) is 3.18. The molecule has 0 atom stereocenters. The SMILES string of the molecule is FC(F)(F)c1nc(Nc2ccc(-n3cnc4ccccc43)nc2)c2ccccc2n1. The molecule has 0 spiro atoms. The van der Waals surface area contributed by atoms with E-state index in [4.69, 9.17) is 0 Å². The average molecular weight is 406 g/mol. The van der Waals surface area contributed by atoms with Crippen LogP contribution in [-0.2, 0) is 6.18 Å². The number of alkyl halides is 3. The van der Waals surface area contributed by atoms with Gasteiger partial charge in [0.2, 0.25) is 5.82 Å². The van der Waals surface area contributed by atoms with Gasteiger partial charge < -0.3 is 5.32 Å². The van der Waals surface area contributed by atoms with Gasteiger partial charge in [-0.05, 0) is 36.4 Å². The van der Waals surface area contributed by atoms with Crippen molar-refractivity contribution in [3.05, 3.63) is 79.0 Å². The third-order valence-electron chi connectivity index (χ3n) is 4.57. The van der Waals surface area contributed by atoms with Gasteiger partial charge in [-0.3, -0.25) is 4.57 Å². The number of nitrogens with one attached hydrogen (secondary N) is 1. The van der Waals surface area contributed by atoms with Crippen LogP contribution < -0.4 is 5.32 Å². The molecule has 0 saturated carbocycles.